The molecule has 0 amide bonds. The van der Waals surface area contributed by atoms with E-state index < -0.39 is 0 Å². The molecule has 1 N–H and O–H groups in total. The molecule has 0 bridgehead atoms. The largest absolute Gasteiger partial charge is 0.508 e. The highest BCUT2D eigenvalue weighted by molar-refractivity contribution is 5.87. The second-order valence-electron chi connectivity index (χ2n) is 17.1. The van der Waals surface area contributed by atoms with Crippen molar-refractivity contribution in [1.29, 1.82) is 0 Å². The molecule has 1 aromatic rings. The van der Waals surface area contributed by atoms with Crippen molar-refractivity contribution in [3.63, 3.8) is 0 Å². The Kier molecular flexibility index (Phi) is 7.14. The summed E-state index contributed by atoms with van der Waals surface area (Å²) in [7, 11) is 0. The molecule has 6 rings (SSSR count). The number of hydrogen-bond acceptors (Lipinski definition) is 3. The summed E-state index contributed by atoms with van der Waals surface area (Å²) in [6, 6.07) is 6.89. The average Bonchev–Trinajstić information content (AvgIpc) is 3.28. The lowest BCUT2D eigenvalue weighted by Crippen LogP contribution is -2.66. The lowest BCUT2D eigenvalue weighted by Gasteiger charge is -2.73. The van der Waals surface area contributed by atoms with Gasteiger partial charge < -0.3 is 9.84 Å². The van der Waals surface area contributed by atoms with Crippen molar-refractivity contribution in [2.45, 2.75) is 119 Å². The number of allylic oxidation sites excluding steroid dienone is 1. The molecule has 1 aromatic carbocycles. The summed E-state index contributed by atoms with van der Waals surface area (Å²) in [5, 5.41) is 9.54. The van der Waals surface area contributed by atoms with E-state index in [4.69, 9.17) is 4.74 Å². The van der Waals surface area contributed by atoms with Crippen LogP contribution in [-0.4, -0.2) is 17.2 Å². The van der Waals surface area contributed by atoms with Gasteiger partial charge in [0.1, 0.15) is 11.9 Å². The van der Waals surface area contributed by atoms with Crippen LogP contribution in [0.3, 0.4) is 0 Å². The van der Waals surface area contributed by atoms with Crippen molar-refractivity contribution in [3.8, 4) is 5.75 Å². The molecule has 3 nitrogen and oxygen atoms in total. The SMILES string of the molecule is C=C(C)[C@@H]1CC[C@]2(C)CC[C@]3(C)[C@H](CC[C@@H]4[C@@]5(C)CC[C@@H](OC(=O)C=Cc6ccc(O)cc6)C(C)(C)[C@@H]5CC[C@]43C)[C@@H]12. The first kappa shape index (κ1) is 30.0. The van der Waals surface area contributed by atoms with Gasteiger partial charge in [0.2, 0.25) is 0 Å². The predicted molar refractivity (Wildman–Crippen MR) is 172 cm³/mol. The maximum Gasteiger partial charge on any atom is 0.331 e. The molecule has 0 aliphatic heterocycles. The Morgan fingerprint density at radius 1 is 0.857 bits per heavy atom. The van der Waals surface area contributed by atoms with Gasteiger partial charge in [-0.05, 0) is 146 Å². The van der Waals surface area contributed by atoms with Gasteiger partial charge >= 0.3 is 5.97 Å². The third-order valence-corrected chi connectivity index (χ3v) is 15.0. The minimum Gasteiger partial charge on any atom is -0.508 e. The van der Waals surface area contributed by atoms with Gasteiger partial charge in [0.25, 0.3) is 0 Å². The number of fused-ring (bicyclic) bond motifs is 7. The Bertz CT molecular complexity index is 1260. The van der Waals surface area contributed by atoms with Crippen molar-refractivity contribution < 1.29 is 14.6 Å². The number of phenols is 1. The lowest BCUT2D eigenvalue weighted by atomic mass is 9.32. The van der Waals surface area contributed by atoms with Gasteiger partial charge in [0.05, 0.1) is 0 Å². The summed E-state index contributed by atoms with van der Waals surface area (Å²) >= 11 is 0. The molecule has 3 heteroatoms. The molecule has 0 heterocycles. The van der Waals surface area contributed by atoms with Crippen LogP contribution in [0, 0.1) is 56.7 Å². The van der Waals surface area contributed by atoms with Crippen LogP contribution < -0.4 is 0 Å². The van der Waals surface area contributed by atoms with Gasteiger partial charge in [0, 0.05) is 11.5 Å². The van der Waals surface area contributed by atoms with Gasteiger partial charge in [-0.2, -0.15) is 0 Å². The van der Waals surface area contributed by atoms with Crippen LogP contribution in [-0.2, 0) is 9.53 Å². The summed E-state index contributed by atoms with van der Waals surface area (Å²) in [4.78, 5) is 13.0. The van der Waals surface area contributed by atoms with E-state index in [2.05, 4.69) is 55.0 Å². The van der Waals surface area contributed by atoms with Gasteiger partial charge in [-0.15, -0.1) is 0 Å². The molecule has 230 valence electrons. The number of rotatable bonds is 4. The standard InChI is InChI=1S/C39H56O3/c1-25(2)28-17-20-36(5)23-24-38(7)29(34(28)36)14-15-31-37(6)21-19-32(35(3,4)30(37)18-22-39(31,38)8)42-33(41)16-11-26-9-12-27(40)13-10-26/h9-13,16,28-32,34,40H,1,14-15,17-24H2,2-8H3/t28-,29+,30-,31+,32+,34+,36+,37-,38+,39+/m0/s1. The molecule has 5 aliphatic carbocycles. The molecule has 0 aromatic heterocycles. The molecule has 0 saturated heterocycles. The van der Waals surface area contributed by atoms with Crippen LogP contribution in [0.4, 0.5) is 0 Å². The molecule has 0 spiro atoms. The van der Waals surface area contributed by atoms with E-state index in [1.165, 1.54) is 56.9 Å². The summed E-state index contributed by atoms with van der Waals surface area (Å²) < 4.78 is 6.22. The number of aromatic hydroxyl groups is 1. The first-order chi connectivity index (χ1) is 19.7. The average molecular weight is 573 g/mol. The third kappa shape index (κ3) is 4.29. The number of ether oxygens (including phenoxy) is 1. The molecule has 10 atom stereocenters. The Morgan fingerprint density at radius 2 is 1.57 bits per heavy atom. The Labute approximate surface area is 255 Å². The quantitative estimate of drug-likeness (QED) is 0.222. The number of esters is 1. The fourth-order valence-corrected chi connectivity index (χ4v) is 12.6. The van der Waals surface area contributed by atoms with Crippen molar-refractivity contribution in [1.82, 2.24) is 0 Å². The van der Waals surface area contributed by atoms with E-state index in [1.54, 1.807) is 24.3 Å². The first-order valence-electron chi connectivity index (χ1n) is 17.0. The van der Waals surface area contributed by atoms with E-state index in [9.17, 15) is 9.90 Å². The Morgan fingerprint density at radius 3 is 2.26 bits per heavy atom. The van der Waals surface area contributed by atoms with Gasteiger partial charge in [0.15, 0.2) is 0 Å². The van der Waals surface area contributed by atoms with Crippen molar-refractivity contribution in [2.75, 3.05) is 0 Å². The van der Waals surface area contributed by atoms with Gasteiger partial charge in [-0.3, -0.25) is 0 Å². The number of phenolic OH excluding ortho intramolecular Hbond substituents is 1. The number of carbonyl (C=O) groups excluding carboxylic acids is 1. The second kappa shape index (κ2) is 10.00. The smallest absolute Gasteiger partial charge is 0.331 e. The monoisotopic (exact) mass is 572 g/mol. The highest BCUT2D eigenvalue weighted by Gasteiger charge is 2.70. The minimum atomic E-state index is -0.257. The lowest BCUT2D eigenvalue weighted by molar-refractivity contribution is -0.248. The predicted octanol–water partition coefficient (Wildman–Crippen LogP) is 9.99. The molecule has 0 unspecified atom stereocenters. The molecular weight excluding hydrogens is 516 g/mol. The number of hydrogen-bond donors (Lipinski definition) is 1. The summed E-state index contributed by atoms with van der Waals surface area (Å²) in [6.07, 6.45) is 16.2. The van der Waals surface area contributed by atoms with Crippen LogP contribution in [0.25, 0.3) is 6.08 Å². The van der Waals surface area contributed by atoms with Crippen LogP contribution in [0.1, 0.15) is 118 Å². The fraction of sp³-hybridized carbons (Fsp3) is 0.718. The van der Waals surface area contributed by atoms with Crippen molar-refractivity contribution >= 4 is 12.0 Å². The van der Waals surface area contributed by atoms with Crippen molar-refractivity contribution in [3.05, 3.63) is 48.1 Å². The van der Waals surface area contributed by atoms with Crippen LogP contribution in [0.5, 0.6) is 5.75 Å². The molecular formula is C39H56O3. The summed E-state index contributed by atoms with van der Waals surface area (Å²) in [5.74, 6) is 3.57. The highest BCUT2D eigenvalue weighted by Crippen LogP contribution is 2.77. The van der Waals surface area contributed by atoms with Crippen molar-refractivity contribution in [2.24, 2.45) is 56.7 Å². The fourth-order valence-electron chi connectivity index (χ4n) is 12.6. The number of carbonyl (C=O) groups is 1. The first-order valence-corrected chi connectivity index (χ1v) is 17.0. The van der Waals surface area contributed by atoms with Crippen LogP contribution in [0.2, 0.25) is 0 Å². The van der Waals surface area contributed by atoms with E-state index >= 15 is 0 Å². The van der Waals surface area contributed by atoms with E-state index in [0.717, 1.165) is 36.2 Å². The zero-order chi connectivity index (χ0) is 30.3. The molecule has 0 radical (unpaired) electrons. The second-order valence-corrected chi connectivity index (χ2v) is 17.1. The summed E-state index contributed by atoms with van der Waals surface area (Å²) in [6.45, 7) is 22.3. The third-order valence-electron chi connectivity index (χ3n) is 15.0. The molecule has 42 heavy (non-hydrogen) atoms. The van der Waals surface area contributed by atoms with E-state index in [-0.39, 0.29) is 28.7 Å². The topological polar surface area (TPSA) is 46.5 Å². The zero-order valence-corrected chi connectivity index (χ0v) is 27.5. The maximum absolute atomic E-state index is 13.0. The minimum absolute atomic E-state index is 0.0598. The van der Waals surface area contributed by atoms with Gasteiger partial charge in [-0.1, -0.05) is 65.8 Å². The van der Waals surface area contributed by atoms with E-state index in [0.29, 0.717) is 28.1 Å². The Balaban J connectivity index is 1.22. The van der Waals surface area contributed by atoms with Crippen LogP contribution in [0.15, 0.2) is 42.5 Å². The summed E-state index contributed by atoms with van der Waals surface area (Å²) in [5.41, 5.74) is 3.78. The highest BCUT2D eigenvalue weighted by atomic mass is 16.5. The molecule has 5 aliphatic rings. The van der Waals surface area contributed by atoms with Gasteiger partial charge in [-0.25, -0.2) is 4.79 Å². The molecule has 5 fully saturated rings. The van der Waals surface area contributed by atoms with E-state index in [1.807, 2.05) is 12.1 Å². The zero-order valence-electron chi connectivity index (χ0n) is 27.5. The Hall–Kier alpha value is -2.03. The normalized spacial score (nSPS) is 45.8. The van der Waals surface area contributed by atoms with Crippen LogP contribution >= 0.6 is 0 Å². The molecule has 5 saturated carbocycles. The maximum atomic E-state index is 13.0. The number of benzene rings is 1.